The number of hydrogen-bond donors (Lipinski definition) is 4. The first-order valence-electron chi connectivity index (χ1n) is 10.6. The second kappa shape index (κ2) is 13.2. The minimum absolute atomic E-state index is 0. The number of aromatic nitrogens is 2. The number of amides is 1. The monoisotopic (exact) mass is 526 g/mol. The summed E-state index contributed by atoms with van der Waals surface area (Å²) in [4.78, 5) is 21.0. The highest BCUT2D eigenvalue weighted by molar-refractivity contribution is 8.00. The van der Waals surface area contributed by atoms with Gasteiger partial charge >= 0.3 is 0 Å². The number of nitrogens with zero attached hydrogens (tertiary/aromatic N) is 2. The van der Waals surface area contributed by atoms with E-state index in [4.69, 9.17) is 9.52 Å². The van der Waals surface area contributed by atoms with Crippen LogP contribution in [-0.2, 0) is 28.9 Å². The lowest BCUT2D eigenvalue weighted by Gasteiger charge is -2.12. The number of oxazole rings is 1. The highest BCUT2D eigenvalue weighted by Gasteiger charge is 2.19. The van der Waals surface area contributed by atoms with Crippen LogP contribution in [0, 0.1) is 0 Å². The summed E-state index contributed by atoms with van der Waals surface area (Å²) in [7, 11) is 0. The normalized spacial score (nSPS) is 12.3. The van der Waals surface area contributed by atoms with Crippen molar-refractivity contribution in [3.63, 3.8) is 0 Å². The standard InChI is InChI=1S/C23H30N4O4S2.ClH/c1-23(2,3)18-11-25-20(31-18)14-32-21-12-26-22(33-21)27-19(30)8-15-4-6-16(7-5-15)9-24-10-17(29)13-28;/h4-7,11-12,17,24,28-29H,8-10,13-14H2,1-3H3,(H,26,27,30);1H. The molecular formula is C23H31ClN4O4S2. The zero-order valence-corrected chi connectivity index (χ0v) is 21.9. The molecule has 0 spiro atoms. The summed E-state index contributed by atoms with van der Waals surface area (Å²) in [6.07, 6.45) is 3.01. The Balaban J connectivity index is 0.00000408. The Kier molecular flexibility index (Phi) is 11.0. The van der Waals surface area contributed by atoms with Gasteiger partial charge < -0.3 is 25.3 Å². The molecule has 1 atom stereocenters. The summed E-state index contributed by atoms with van der Waals surface area (Å²) in [5, 5.41) is 24.6. The largest absolute Gasteiger partial charge is 0.444 e. The summed E-state index contributed by atoms with van der Waals surface area (Å²) in [6.45, 7) is 6.89. The number of aliphatic hydroxyl groups is 2. The van der Waals surface area contributed by atoms with Gasteiger partial charge in [-0.25, -0.2) is 9.97 Å². The van der Waals surface area contributed by atoms with Gasteiger partial charge in [-0.15, -0.1) is 24.2 Å². The number of thioether (sulfide) groups is 1. The van der Waals surface area contributed by atoms with Gasteiger partial charge in [-0.2, -0.15) is 0 Å². The number of halogens is 1. The van der Waals surface area contributed by atoms with Gasteiger partial charge in [-0.3, -0.25) is 4.79 Å². The first-order valence-corrected chi connectivity index (χ1v) is 12.4. The average Bonchev–Trinajstić information content (AvgIpc) is 3.42. The Morgan fingerprint density at radius 3 is 2.53 bits per heavy atom. The average molecular weight is 527 g/mol. The lowest BCUT2D eigenvalue weighted by atomic mass is 9.94. The molecule has 0 aliphatic carbocycles. The molecule has 0 aliphatic heterocycles. The smallest absolute Gasteiger partial charge is 0.230 e. The second-order valence-corrected chi connectivity index (χ2v) is 11.0. The maximum Gasteiger partial charge on any atom is 0.230 e. The lowest BCUT2D eigenvalue weighted by molar-refractivity contribution is -0.115. The zero-order valence-electron chi connectivity index (χ0n) is 19.4. The fourth-order valence-electron chi connectivity index (χ4n) is 2.81. The summed E-state index contributed by atoms with van der Waals surface area (Å²) in [5.41, 5.74) is 1.86. The van der Waals surface area contributed by atoms with E-state index in [1.165, 1.54) is 11.3 Å². The molecule has 1 aromatic carbocycles. The van der Waals surface area contributed by atoms with Crippen molar-refractivity contribution >= 4 is 46.5 Å². The fourth-order valence-corrected chi connectivity index (χ4v) is 4.55. The minimum Gasteiger partial charge on any atom is -0.444 e. The SMILES string of the molecule is CC(C)(C)c1cnc(CSc2cnc(NC(=O)Cc3ccc(CNCC(O)CO)cc3)s2)o1.Cl. The number of hydrogen-bond acceptors (Lipinski definition) is 9. The number of rotatable bonds is 11. The molecule has 34 heavy (non-hydrogen) atoms. The molecule has 1 unspecified atom stereocenters. The Labute approximate surface area is 214 Å². The third-order valence-corrected chi connectivity index (χ3v) is 6.76. The van der Waals surface area contributed by atoms with Gasteiger partial charge in [0.25, 0.3) is 0 Å². The number of anilines is 1. The number of nitrogens with one attached hydrogen (secondary N) is 2. The first-order chi connectivity index (χ1) is 15.7. The van der Waals surface area contributed by atoms with Gasteiger partial charge in [0.05, 0.1) is 41.5 Å². The van der Waals surface area contributed by atoms with Crippen molar-refractivity contribution in [3.8, 4) is 0 Å². The molecule has 1 amide bonds. The summed E-state index contributed by atoms with van der Waals surface area (Å²) in [6, 6.07) is 7.69. The van der Waals surface area contributed by atoms with Crippen LogP contribution in [-0.4, -0.2) is 45.3 Å². The van der Waals surface area contributed by atoms with Gasteiger partial charge in [-0.05, 0) is 11.1 Å². The van der Waals surface area contributed by atoms with E-state index in [-0.39, 0.29) is 36.8 Å². The van der Waals surface area contributed by atoms with Crippen molar-refractivity contribution in [3.05, 3.63) is 59.4 Å². The van der Waals surface area contributed by atoms with Crippen LogP contribution in [0.2, 0.25) is 0 Å². The van der Waals surface area contributed by atoms with Crippen LogP contribution >= 0.6 is 35.5 Å². The number of benzene rings is 1. The van der Waals surface area contributed by atoms with Crippen LogP contribution in [0.1, 0.15) is 43.5 Å². The van der Waals surface area contributed by atoms with E-state index in [0.29, 0.717) is 29.9 Å². The third kappa shape index (κ3) is 9.01. The molecule has 4 N–H and O–H groups in total. The van der Waals surface area contributed by atoms with Gasteiger partial charge in [0.2, 0.25) is 11.8 Å². The quantitative estimate of drug-likeness (QED) is 0.279. The molecule has 0 aliphatic rings. The van der Waals surface area contributed by atoms with E-state index in [9.17, 15) is 9.90 Å². The topological polar surface area (TPSA) is 121 Å². The van der Waals surface area contributed by atoms with Crippen molar-refractivity contribution in [2.45, 2.75) is 55.2 Å². The van der Waals surface area contributed by atoms with Gasteiger partial charge in [0, 0.05) is 18.5 Å². The van der Waals surface area contributed by atoms with Crippen LogP contribution < -0.4 is 10.6 Å². The summed E-state index contributed by atoms with van der Waals surface area (Å²) < 4.78 is 6.79. The molecule has 8 nitrogen and oxygen atoms in total. The molecule has 3 rings (SSSR count). The van der Waals surface area contributed by atoms with Gasteiger partial charge in [0.15, 0.2) is 5.13 Å². The van der Waals surface area contributed by atoms with E-state index >= 15 is 0 Å². The highest BCUT2D eigenvalue weighted by Crippen LogP contribution is 2.31. The maximum absolute atomic E-state index is 12.4. The number of carbonyl (C=O) groups is 1. The van der Waals surface area contributed by atoms with Crippen LogP contribution in [0.25, 0.3) is 0 Å². The van der Waals surface area contributed by atoms with E-state index in [1.54, 1.807) is 24.2 Å². The van der Waals surface area contributed by atoms with Crippen molar-refractivity contribution in [1.82, 2.24) is 15.3 Å². The summed E-state index contributed by atoms with van der Waals surface area (Å²) >= 11 is 3.00. The molecule has 0 saturated carbocycles. The molecular weight excluding hydrogens is 496 g/mol. The van der Waals surface area contributed by atoms with Crippen LogP contribution in [0.4, 0.5) is 5.13 Å². The maximum atomic E-state index is 12.4. The highest BCUT2D eigenvalue weighted by atomic mass is 35.5. The zero-order chi connectivity index (χ0) is 23.8. The van der Waals surface area contributed by atoms with E-state index in [1.807, 2.05) is 24.3 Å². The van der Waals surface area contributed by atoms with Gasteiger partial charge in [-0.1, -0.05) is 56.4 Å². The predicted octanol–water partition coefficient (Wildman–Crippen LogP) is 3.77. The predicted molar refractivity (Wildman–Crippen MR) is 138 cm³/mol. The van der Waals surface area contributed by atoms with E-state index < -0.39 is 6.10 Å². The van der Waals surface area contributed by atoms with Gasteiger partial charge in [0.1, 0.15) is 5.76 Å². The molecule has 3 aromatic rings. The third-order valence-electron chi connectivity index (χ3n) is 4.67. The van der Waals surface area contributed by atoms with Crippen LogP contribution in [0.5, 0.6) is 0 Å². The number of aliphatic hydroxyl groups excluding tert-OH is 2. The first kappa shape index (κ1) is 28.3. The molecule has 2 aromatic heterocycles. The molecule has 2 heterocycles. The Bertz CT molecular complexity index is 1030. The number of carbonyl (C=O) groups excluding carboxylic acids is 1. The Morgan fingerprint density at radius 1 is 1.18 bits per heavy atom. The number of thiazole rings is 1. The minimum atomic E-state index is -0.763. The van der Waals surface area contributed by atoms with Crippen molar-refractivity contribution in [2.24, 2.45) is 0 Å². The van der Waals surface area contributed by atoms with Crippen molar-refractivity contribution in [2.75, 3.05) is 18.5 Å². The molecule has 0 bridgehead atoms. The van der Waals surface area contributed by atoms with Crippen LogP contribution in [0.3, 0.4) is 0 Å². The second-order valence-electron chi connectivity index (χ2n) is 8.65. The van der Waals surface area contributed by atoms with Crippen molar-refractivity contribution in [1.29, 1.82) is 0 Å². The van der Waals surface area contributed by atoms with Crippen molar-refractivity contribution < 1.29 is 19.4 Å². The van der Waals surface area contributed by atoms with E-state index in [0.717, 1.165) is 21.1 Å². The molecule has 11 heteroatoms. The molecule has 0 fully saturated rings. The molecule has 186 valence electrons. The van der Waals surface area contributed by atoms with E-state index in [2.05, 4.69) is 41.4 Å². The van der Waals surface area contributed by atoms with Crippen LogP contribution in [0.15, 0.2) is 45.3 Å². The Hall–Kier alpha value is -1.95. The molecule has 0 saturated heterocycles. The Morgan fingerprint density at radius 2 is 1.88 bits per heavy atom. The summed E-state index contributed by atoms with van der Waals surface area (Å²) in [5.74, 6) is 2.01. The lowest BCUT2D eigenvalue weighted by Crippen LogP contribution is -2.28. The molecule has 0 radical (unpaired) electrons. The fraction of sp³-hybridized carbons (Fsp3) is 0.435.